The Morgan fingerprint density at radius 1 is 0.758 bits per heavy atom. The van der Waals surface area contributed by atoms with Gasteiger partial charge in [-0.2, -0.15) is 0 Å². The Bertz CT molecular complexity index is 2770. The van der Waals surface area contributed by atoms with E-state index in [1.54, 1.807) is 81.1 Å². The summed E-state index contributed by atoms with van der Waals surface area (Å²) in [7, 11) is 8.05. The van der Waals surface area contributed by atoms with E-state index in [0.29, 0.717) is 76.7 Å². The van der Waals surface area contributed by atoms with Crippen LogP contribution < -0.4 is 37.2 Å². The summed E-state index contributed by atoms with van der Waals surface area (Å²) >= 11 is 0. The molecule has 2 fully saturated rings. The minimum Gasteiger partial charge on any atom is -0.480 e. The molecule has 11 amide bonds. The lowest BCUT2D eigenvalue weighted by atomic mass is 9.90. The van der Waals surface area contributed by atoms with E-state index in [1.165, 1.54) is 30.9 Å². The topological polar surface area (TPSA) is 329 Å². The molecule has 506 valence electrons. The summed E-state index contributed by atoms with van der Waals surface area (Å²) in [6, 6.07) is 9.71. The Kier molecular flexibility index (Phi) is 31.0. The number of likely N-dealkylation sites (N-methyl/N-ethyl adjacent to an activating group) is 3. The number of anilines is 1. The number of nitrogens with zero attached hydrogens (tertiary/aromatic N) is 5. The van der Waals surface area contributed by atoms with Crippen LogP contribution in [-0.2, 0) is 70.3 Å². The fourth-order valence-corrected chi connectivity index (χ4v) is 12.3. The summed E-state index contributed by atoms with van der Waals surface area (Å²) in [5.41, 5.74) is 7.45. The highest BCUT2D eigenvalue weighted by Crippen LogP contribution is 2.30. The number of nitrogens with two attached hydrogens (primary N) is 1. The van der Waals surface area contributed by atoms with E-state index >= 15 is 0 Å². The molecular weight excluding hydrogens is 1170 g/mol. The number of likely N-dealkylation sites (tertiary alicyclic amines) is 2. The average molecular weight is 1270 g/mol. The van der Waals surface area contributed by atoms with Gasteiger partial charge in [0.1, 0.15) is 24.2 Å². The Hall–Kier alpha value is -7.51. The van der Waals surface area contributed by atoms with Crippen LogP contribution in [0.3, 0.4) is 0 Å². The van der Waals surface area contributed by atoms with Gasteiger partial charge < -0.3 is 61.6 Å². The standard InChI is InChI=1S/C66H103N11O14/c1-14-41(4)57(52(90-12)39-55(80)76-35-22-26-51(76)58(91-13)43(6)59(81)72-50(65(87)88)38-47-23-17-15-18-24-47)75(11)63(85)45(8)70-61(83)56(40(2)3)73(9)36-32-46-28-30-48(31-29-46)74(10)64(86)49(25-21-33-68-66(67)89)71-60(82)44(7)69-53(78)27-19-16-20-34-77-54(79)37-42(5)62(77)84/h15,17-18,23-24,28-31,40-45,49-52,56-58H,14,16,19-22,25-27,32-39H2,1-13H3,(H,69,78)(H,70,83)(H,71,82)(H,72,81)(H,87,88)(H3,67,68,89)/t41-,42?,43+,44-,45-,49?,50-,51-,52+,56-,57-,58+/m0/s1. The lowest BCUT2D eigenvalue weighted by Gasteiger charge is -2.40. The number of primary amides is 1. The third-order valence-corrected chi connectivity index (χ3v) is 17.8. The number of carbonyl (C=O) groups is 11. The molecule has 91 heavy (non-hydrogen) atoms. The van der Waals surface area contributed by atoms with E-state index in [2.05, 4.69) is 26.6 Å². The molecule has 2 saturated heterocycles. The van der Waals surface area contributed by atoms with E-state index in [-0.39, 0.29) is 91.8 Å². The summed E-state index contributed by atoms with van der Waals surface area (Å²) in [6.07, 6.45) is 3.28. The maximum absolute atomic E-state index is 14.4. The van der Waals surface area contributed by atoms with Crippen LogP contribution in [0.25, 0.3) is 0 Å². The first-order valence-corrected chi connectivity index (χ1v) is 32.1. The minimum atomic E-state index is -1.17. The Morgan fingerprint density at radius 2 is 1.42 bits per heavy atom. The van der Waals surface area contributed by atoms with Crippen molar-refractivity contribution in [2.75, 3.05) is 66.4 Å². The van der Waals surface area contributed by atoms with Crippen molar-refractivity contribution in [3.63, 3.8) is 0 Å². The first kappa shape index (κ1) is 75.9. The van der Waals surface area contributed by atoms with Gasteiger partial charge in [0, 0.05) is 85.4 Å². The maximum atomic E-state index is 14.4. The highest BCUT2D eigenvalue weighted by Gasteiger charge is 2.43. The number of urea groups is 1. The molecule has 2 heterocycles. The SMILES string of the molecule is CC[C@H](C)[C@@H]([C@@H](CC(=O)N1CCC[C@H]1[C@H](OC)[C@@H](C)C(=O)N[C@@H](Cc1ccccc1)C(=O)O)OC)N(C)C(=O)[C@H](C)NC(=O)[C@H](C(C)C)N(C)CCc1ccc(N(C)C(=O)C(CCCNC(N)=O)NC(=O)[C@H](C)NC(=O)CCCCCN2C(=O)CC(C)C2=O)cc1. The minimum absolute atomic E-state index is 0.0867. The number of hydrogen-bond donors (Lipinski definition) is 7. The zero-order valence-corrected chi connectivity index (χ0v) is 55.8. The van der Waals surface area contributed by atoms with Crippen molar-refractivity contribution in [3.8, 4) is 0 Å². The molecule has 0 bridgehead atoms. The highest BCUT2D eigenvalue weighted by molar-refractivity contribution is 6.03. The summed E-state index contributed by atoms with van der Waals surface area (Å²) < 4.78 is 12.0. The number of nitrogens with one attached hydrogen (secondary N) is 5. The van der Waals surface area contributed by atoms with Crippen LogP contribution in [0.5, 0.6) is 0 Å². The predicted octanol–water partition coefficient (Wildman–Crippen LogP) is 3.78. The van der Waals surface area contributed by atoms with E-state index < -0.39 is 90.1 Å². The number of carbonyl (C=O) groups excluding carboxylic acids is 10. The number of ether oxygens (including phenoxy) is 2. The summed E-state index contributed by atoms with van der Waals surface area (Å²) in [5.74, 6) is -5.83. The molecule has 2 aliphatic heterocycles. The maximum Gasteiger partial charge on any atom is 0.326 e. The van der Waals surface area contributed by atoms with Crippen molar-refractivity contribution in [2.45, 2.75) is 193 Å². The van der Waals surface area contributed by atoms with Gasteiger partial charge in [0.05, 0.1) is 42.7 Å². The average Bonchev–Trinajstić information content (AvgIpc) is 1.91. The molecule has 8 N–H and O–H groups in total. The van der Waals surface area contributed by atoms with Crippen molar-refractivity contribution < 1.29 is 67.3 Å². The van der Waals surface area contributed by atoms with Gasteiger partial charge in [0.25, 0.3) is 0 Å². The lowest BCUT2D eigenvalue weighted by molar-refractivity contribution is -0.147. The largest absolute Gasteiger partial charge is 0.480 e. The van der Waals surface area contributed by atoms with Crippen LogP contribution in [0.4, 0.5) is 10.5 Å². The second kappa shape index (κ2) is 37.1. The van der Waals surface area contributed by atoms with Crippen molar-refractivity contribution in [3.05, 3.63) is 65.7 Å². The number of hydrogen-bond acceptors (Lipinski definition) is 14. The first-order chi connectivity index (χ1) is 43.1. The van der Waals surface area contributed by atoms with Gasteiger partial charge in [0.15, 0.2) is 0 Å². The molecule has 4 rings (SSSR count). The number of carboxylic acids is 1. The monoisotopic (exact) mass is 1270 g/mol. The molecule has 0 aromatic heterocycles. The summed E-state index contributed by atoms with van der Waals surface area (Å²) in [4.78, 5) is 153. The van der Waals surface area contributed by atoms with Crippen molar-refractivity contribution in [1.29, 1.82) is 0 Å². The molecule has 2 aromatic rings. The summed E-state index contributed by atoms with van der Waals surface area (Å²) in [6.45, 7) is 15.7. The second-order valence-corrected chi connectivity index (χ2v) is 25.0. The van der Waals surface area contributed by atoms with E-state index in [1.807, 2.05) is 57.8 Å². The Morgan fingerprint density at radius 3 is 2.00 bits per heavy atom. The lowest BCUT2D eigenvalue weighted by Crippen LogP contribution is -2.58. The first-order valence-electron chi connectivity index (χ1n) is 32.1. The fraction of sp³-hybridized carbons (Fsp3) is 0.652. The number of benzene rings is 2. The van der Waals surface area contributed by atoms with Gasteiger partial charge in [-0.15, -0.1) is 0 Å². The zero-order chi connectivity index (χ0) is 67.8. The number of aliphatic carboxylic acids is 1. The second-order valence-electron chi connectivity index (χ2n) is 25.0. The number of imide groups is 1. The quantitative estimate of drug-likeness (QED) is 0.0372. The number of unbranched alkanes of at least 4 members (excludes halogenated alkanes) is 2. The third-order valence-electron chi connectivity index (χ3n) is 17.8. The van der Waals surface area contributed by atoms with Crippen molar-refractivity contribution in [2.24, 2.45) is 29.4 Å². The van der Waals surface area contributed by atoms with Gasteiger partial charge in [-0.1, -0.05) is 96.8 Å². The molecule has 0 aliphatic carbocycles. The molecule has 0 radical (unpaired) electrons. The van der Waals surface area contributed by atoms with Gasteiger partial charge in [-0.05, 0) is 101 Å². The number of rotatable bonds is 38. The molecule has 2 aliphatic rings. The predicted molar refractivity (Wildman–Crippen MR) is 344 cm³/mol. The Balaban J connectivity index is 1.34. The molecule has 2 aromatic carbocycles. The van der Waals surface area contributed by atoms with Gasteiger partial charge in [0.2, 0.25) is 53.2 Å². The molecule has 0 spiro atoms. The van der Waals surface area contributed by atoms with Crippen molar-refractivity contribution in [1.82, 2.24) is 46.2 Å². The molecule has 2 unspecified atom stereocenters. The van der Waals surface area contributed by atoms with Gasteiger partial charge in [-0.3, -0.25) is 53.0 Å². The summed E-state index contributed by atoms with van der Waals surface area (Å²) in [5, 5.41) is 23.6. The van der Waals surface area contributed by atoms with Crippen LogP contribution in [-0.4, -0.2) is 206 Å². The van der Waals surface area contributed by atoms with Gasteiger partial charge in [-0.25, -0.2) is 9.59 Å². The molecule has 25 heteroatoms. The van der Waals surface area contributed by atoms with Crippen LogP contribution >= 0.6 is 0 Å². The van der Waals surface area contributed by atoms with Gasteiger partial charge >= 0.3 is 12.0 Å². The van der Waals surface area contributed by atoms with Crippen LogP contribution in [0.2, 0.25) is 0 Å². The molecule has 25 nitrogen and oxygen atoms in total. The molecule has 12 atom stereocenters. The normalized spacial score (nSPS) is 18.2. The van der Waals surface area contributed by atoms with Crippen LogP contribution in [0, 0.1) is 23.7 Å². The number of carboxylic acid groups (broad SMARTS) is 1. The van der Waals surface area contributed by atoms with E-state index in [0.717, 1.165) is 11.1 Å². The van der Waals surface area contributed by atoms with E-state index in [4.69, 9.17) is 15.2 Å². The smallest absolute Gasteiger partial charge is 0.326 e. The Labute approximate surface area is 537 Å². The number of amides is 11. The molecule has 0 saturated carbocycles. The van der Waals surface area contributed by atoms with Crippen LogP contribution in [0.15, 0.2) is 54.6 Å². The van der Waals surface area contributed by atoms with Crippen LogP contribution in [0.1, 0.15) is 137 Å². The third kappa shape index (κ3) is 22.4. The fourth-order valence-electron chi connectivity index (χ4n) is 12.3. The molecular formula is C66H103N11O14. The zero-order valence-electron chi connectivity index (χ0n) is 55.8. The van der Waals surface area contributed by atoms with E-state index in [9.17, 15) is 57.8 Å². The highest BCUT2D eigenvalue weighted by atomic mass is 16.5. The van der Waals surface area contributed by atoms with Crippen molar-refractivity contribution >= 4 is 70.9 Å². The number of methoxy groups -OCH3 is 2.